The zero-order chi connectivity index (χ0) is 14.4. The molecule has 7 nitrogen and oxygen atoms in total. The summed E-state index contributed by atoms with van der Waals surface area (Å²) in [5, 5.41) is 8.73. The van der Waals surface area contributed by atoms with Crippen LogP contribution in [0.4, 0.5) is 0 Å². The van der Waals surface area contributed by atoms with Crippen LogP contribution < -0.4 is 11.3 Å². The summed E-state index contributed by atoms with van der Waals surface area (Å²) in [6.45, 7) is 2.90. The van der Waals surface area contributed by atoms with Crippen LogP contribution in [0.2, 0.25) is 0 Å². The molecule has 0 spiro atoms. The molecule has 1 fully saturated rings. The number of aliphatic hydroxyl groups excluding tert-OH is 1. The monoisotopic (exact) mass is 283 g/mol. The highest BCUT2D eigenvalue weighted by atomic mass is 16.5. The molecule has 0 bridgehead atoms. The number of amides is 1. The Bertz CT molecular complexity index is 427. The number of rotatable bonds is 6. The smallest absolute Gasteiger partial charge is 0.301 e. The lowest BCUT2D eigenvalue weighted by Crippen LogP contribution is -2.37. The maximum atomic E-state index is 11.5. The minimum absolute atomic E-state index is 0.0623. The number of piperidine rings is 1. The molecule has 112 valence electrons. The third-order valence-corrected chi connectivity index (χ3v) is 3.46. The van der Waals surface area contributed by atoms with E-state index in [0.717, 1.165) is 31.5 Å². The summed E-state index contributed by atoms with van der Waals surface area (Å²) in [4.78, 5) is 13.8. The molecular formula is C13H21N3O4. The fraction of sp³-hybridized carbons (Fsp3) is 0.615. The summed E-state index contributed by atoms with van der Waals surface area (Å²) in [6, 6.07) is 1.79. The van der Waals surface area contributed by atoms with Gasteiger partial charge in [-0.15, -0.1) is 0 Å². The Kier molecular flexibility index (Phi) is 5.54. The van der Waals surface area contributed by atoms with Gasteiger partial charge in [-0.2, -0.15) is 0 Å². The molecule has 1 saturated heterocycles. The topological polar surface area (TPSA) is 101 Å². The van der Waals surface area contributed by atoms with Crippen LogP contribution >= 0.6 is 0 Å². The Morgan fingerprint density at radius 3 is 2.95 bits per heavy atom. The van der Waals surface area contributed by atoms with Crippen LogP contribution in [0.1, 0.15) is 29.0 Å². The number of carbonyl (C=O) groups excluding carboxylic acids is 1. The fourth-order valence-corrected chi connectivity index (χ4v) is 2.42. The molecule has 1 aromatic rings. The van der Waals surface area contributed by atoms with Gasteiger partial charge >= 0.3 is 5.91 Å². The lowest BCUT2D eigenvalue weighted by molar-refractivity contribution is -0.00907. The minimum Gasteiger partial charge on any atom is -0.459 e. The summed E-state index contributed by atoms with van der Waals surface area (Å²) in [6.07, 6.45) is 3.57. The number of nitrogens with one attached hydrogen (secondary N) is 1. The summed E-state index contributed by atoms with van der Waals surface area (Å²) in [7, 11) is 0. The SMILES string of the molecule is NNC(=O)c1occc1CN1CCC(OCCO)CC1. The Morgan fingerprint density at radius 2 is 2.30 bits per heavy atom. The van der Waals surface area contributed by atoms with E-state index in [1.54, 1.807) is 6.07 Å². The number of hydrogen-bond donors (Lipinski definition) is 3. The number of nitrogen functional groups attached to an aromatic ring is 1. The first-order valence-electron chi connectivity index (χ1n) is 6.76. The molecule has 4 N–H and O–H groups in total. The molecule has 1 amide bonds. The molecule has 0 aliphatic carbocycles. The Balaban J connectivity index is 1.84. The third kappa shape index (κ3) is 3.80. The highest BCUT2D eigenvalue weighted by Crippen LogP contribution is 2.18. The van der Waals surface area contributed by atoms with Gasteiger partial charge in [0.25, 0.3) is 0 Å². The molecule has 0 atom stereocenters. The van der Waals surface area contributed by atoms with Crippen LogP contribution in [0.15, 0.2) is 16.7 Å². The van der Waals surface area contributed by atoms with Crippen molar-refractivity contribution in [2.75, 3.05) is 26.3 Å². The molecule has 2 heterocycles. The van der Waals surface area contributed by atoms with Crippen molar-refractivity contribution in [1.29, 1.82) is 0 Å². The van der Waals surface area contributed by atoms with Gasteiger partial charge in [-0.3, -0.25) is 15.1 Å². The minimum atomic E-state index is -0.411. The van der Waals surface area contributed by atoms with Gasteiger partial charge in [0.2, 0.25) is 0 Å². The maximum absolute atomic E-state index is 11.5. The van der Waals surface area contributed by atoms with E-state index in [-0.39, 0.29) is 18.5 Å². The van der Waals surface area contributed by atoms with Gasteiger partial charge in [-0.25, -0.2) is 5.84 Å². The van der Waals surface area contributed by atoms with Gasteiger partial charge in [0.1, 0.15) is 0 Å². The number of likely N-dealkylation sites (tertiary alicyclic amines) is 1. The van der Waals surface area contributed by atoms with Gasteiger partial charge in [-0.05, 0) is 18.9 Å². The van der Waals surface area contributed by atoms with Crippen LogP contribution in [0.25, 0.3) is 0 Å². The quantitative estimate of drug-likeness (QED) is 0.381. The van der Waals surface area contributed by atoms with Gasteiger partial charge in [0, 0.05) is 25.2 Å². The van der Waals surface area contributed by atoms with Crippen molar-refractivity contribution >= 4 is 5.91 Å². The molecule has 0 radical (unpaired) electrons. The Labute approximate surface area is 117 Å². The average Bonchev–Trinajstić information content (AvgIpc) is 2.94. The molecule has 1 aliphatic heterocycles. The number of carbonyl (C=O) groups is 1. The number of furan rings is 1. The van der Waals surface area contributed by atoms with Gasteiger partial charge in [0.05, 0.1) is 25.6 Å². The highest BCUT2D eigenvalue weighted by Gasteiger charge is 2.22. The number of hydrazine groups is 1. The number of aliphatic hydroxyl groups is 1. The van der Waals surface area contributed by atoms with Gasteiger partial charge in [0.15, 0.2) is 5.76 Å². The zero-order valence-electron chi connectivity index (χ0n) is 11.4. The first-order valence-corrected chi connectivity index (χ1v) is 6.76. The van der Waals surface area contributed by atoms with E-state index < -0.39 is 5.91 Å². The molecular weight excluding hydrogens is 262 g/mol. The molecule has 20 heavy (non-hydrogen) atoms. The highest BCUT2D eigenvalue weighted by molar-refractivity contribution is 5.92. The van der Waals surface area contributed by atoms with Crippen molar-refractivity contribution in [3.05, 3.63) is 23.7 Å². The predicted molar refractivity (Wildman–Crippen MR) is 71.7 cm³/mol. The number of ether oxygens (including phenoxy) is 1. The number of nitrogens with two attached hydrogens (primary N) is 1. The standard InChI is InChI=1S/C13H21N3O4/c14-15-13(18)12-10(3-7-20-12)9-16-4-1-11(2-5-16)19-8-6-17/h3,7,11,17H,1-2,4-6,8-9,14H2,(H,15,18). The summed E-state index contributed by atoms with van der Waals surface area (Å²) in [5.41, 5.74) is 2.92. The fourth-order valence-electron chi connectivity index (χ4n) is 2.42. The van der Waals surface area contributed by atoms with E-state index in [4.69, 9.17) is 20.1 Å². The molecule has 1 aliphatic rings. The van der Waals surface area contributed by atoms with E-state index in [2.05, 4.69) is 10.3 Å². The van der Waals surface area contributed by atoms with E-state index in [9.17, 15) is 4.79 Å². The van der Waals surface area contributed by atoms with Crippen molar-refractivity contribution in [2.45, 2.75) is 25.5 Å². The molecule has 7 heteroatoms. The summed E-state index contributed by atoms with van der Waals surface area (Å²) in [5.74, 6) is 4.98. The van der Waals surface area contributed by atoms with Crippen LogP contribution in [-0.4, -0.2) is 48.3 Å². The molecule has 0 unspecified atom stereocenters. The van der Waals surface area contributed by atoms with Crippen molar-refractivity contribution in [2.24, 2.45) is 5.84 Å². The van der Waals surface area contributed by atoms with Crippen LogP contribution in [0.3, 0.4) is 0 Å². The van der Waals surface area contributed by atoms with Crippen LogP contribution in [-0.2, 0) is 11.3 Å². The number of nitrogens with zero attached hydrogens (tertiary/aromatic N) is 1. The molecule has 0 saturated carbocycles. The van der Waals surface area contributed by atoms with E-state index in [1.807, 2.05) is 0 Å². The van der Waals surface area contributed by atoms with Gasteiger partial charge in [-0.1, -0.05) is 0 Å². The van der Waals surface area contributed by atoms with Crippen molar-refractivity contribution in [1.82, 2.24) is 10.3 Å². The first kappa shape index (κ1) is 15.0. The lowest BCUT2D eigenvalue weighted by atomic mass is 10.1. The lowest BCUT2D eigenvalue weighted by Gasteiger charge is -2.31. The second-order valence-corrected chi connectivity index (χ2v) is 4.82. The van der Waals surface area contributed by atoms with Crippen molar-refractivity contribution < 1.29 is 19.1 Å². The molecule has 2 rings (SSSR count). The van der Waals surface area contributed by atoms with E-state index in [1.165, 1.54) is 6.26 Å². The maximum Gasteiger partial charge on any atom is 0.301 e. The van der Waals surface area contributed by atoms with E-state index in [0.29, 0.717) is 13.2 Å². The average molecular weight is 283 g/mol. The summed E-state index contributed by atoms with van der Waals surface area (Å²) >= 11 is 0. The largest absolute Gasteiger partial charge is 0.459 e. The third-order valence-electron chi connectivity index (χ3n) is 3.46. The zero-order valence-corrected chi connectivity index (χ0v) is 11.4. The second kappa shape index (κ2) is 7.39. The number of hydrogen-bond acceptors (Lipinski definition) is 6. The van der Waals surface area contributed by atoms with Gasteiger partial charge < -0.3 is 14.3 Å². The molecule has 1 aromatic heterocycles. The van der Waals surface area contributed by atoms with E-state index >= 15 is 0 Å². The normalized spacial score (nSPS) is 17.3. The summed E-state index contributed by atoms with van der Waals surface area (Å²) < 4.78 is 10.7. The van der Waals surface area contributed by atoms with Crippen LogP contribution in [0.5, 0.6) is 0 Å². The van der Waals surface area contributed by atoms with Crippen LogP contribution in [0, 0.1) is 0 Å². The predicted octanol–water partition coefficient (Wildman–Crippen LogP) is -0.144. The first-order chi connectivity index (χ1) is 9.74. The second-order valence-electron chi connectivity index (χ2n) is 4.82. The van der Waals surface area contributed by atoms with Crippen molar-refractivity contribution in [3.8, 4) is 0 Å². The Morgan fingerprint density at radius 1 is 1.55 bits per heavy atom. The van der Waals surface area contributed by atoms with Crippen molar-refractivity contribution in [3.63, 3.8) is 0 Å². The molecule has 0 aromatic carbocycles. The Hall–Kier alpha value is -1.41.